The second-order valence-corrected chi connectivity index (χ2v) is 2.68. The van der Waals surface area contributed by atoms with Crippen molar-refractivity contribution in [2.24, 2.45) is 5.73 Å². The molecule has 0 aromatic heterocycles. The molecule has 0 aromatic rings. The molecule has 0 heterocycles. The van der Waals surface area contributed by atoms with Crippen LogP contribution in [0, 0.1) is 0 Å². The van der Waals surface area contributed by atoms with Gasteiger partial charge in [0.15, 0.2) is 0 Å². The van der Waals surface area contributed by atoms with Gasteiger partial charge in [-0.3, -0.25) is 0 Å². The van der Waals surface area contributed by atoms with E-state index >= 15 is 0 Å². The van der Waals surface area contributed by atoms with Gasteiger partial charge in [0.1, 0.15) is 6.23 Å². The third-order valence-electron chi connectivity index (χ3n) is 1.39. The Labute approximate surface area is 62.8 Å². The van der Waals surface area contributed by atoms with Crippen LogP contribution < -0.4 is 5.73 Å². The summed E-state index contributed by atoms with van der Waals surface area (Å²) in [5.41, 5.74) is 5.18. The van der Waals surface area contributed by atoms with E-state index in [9.17, 15) is 0 Å². The summed E-state index contributed by atoms with van der Waals surface area (Å²) in [4.78, 5) is 2.04. The maximum Gasteiger partial charge on any atom is 0.115 e. The molecule has 0 aliphatic heterocycles. The topological polar surface area (TPSA) is 49.5 Å². The average Bonchev–Trinajstić information content (AvgIpc) is 1.82. The minimum Gasteiger partial charge on any atom is -0.377 e. The molecule has 62 valence electrons. The Morgan fingerprint density at radius 3 is 2.60 bits per heavy atom. The lowest BCUT2D eigenvalue weighted by Gasteiger charge is -2.17. The van der Waals surface area contributed by atoms with Crippen LogP contribution in [-0.4, -0.2) is 36.4 Å². The van der Waals surface area contributed by atoms with E-state index in [2.05, 4.69) is 6.92 Å². The maximum absolute atomic E-state index is 8.76. The van der Waals surface area contributed by atoms with Gasteiger partial charge in [-0.25, -0.2) is 0 Å². The number of hydrogen-bond acceptors (Lipinski definition) is 3. The highest BCUT2D eigenvalue weighted by Crippen LogP contribution is 1.90. The van der Waals surface area contributed by atoms with Crippen molar-refractivity contribution in [1.82, 2.24) is 4.90 Å². The lowest BCUT2D eigenvalue weighted by atomic mass is 10.3. The van der Waals surface area contributed by atoms with Crippen molar-refractivity contribution in [3.05, 3.63) is 0 Å². The number of rotatable bonds is 5. The van der Waals surface area contributed by atoms with Crippen LogP contribution in [0.4, 0.5) is 0 Å². The van der Waals surface area contributed by atoms with Crippen LogP contribution in [0.25, 0.3) is 0 Å². The van der Waals surface area contributed by atoms with E-state index in [0.29, 0.717) is 6.54 Å². The van der Waals surface area contributed by atoms with E-state index in [-0.39, 0.29) is 0 Å². The first kappa shape index (κ1) is 9.88. The Hall–Kier alpha value is -0.120. The van der Waals surface area contributed by atoms with E-state index in [1.54, 1.807) is 0 Å². The van der Waals surface area contributed by atoms with Gasteiger partial charge >= 0.3 is 0 Å². The smallest absolute Gasteiger partial charge is 0.115 e. The zero-order chi connectivity index (χ0) is 7.98. The van der Waals surface area contributed by atoms with Crippen molar-refractivity contribution in [2.75, 3.05) is 20.1 Å². The Morgan fingerprint density at radius 2 is 2.20 bits per heavy atom. The summed E-state index contributed by atoms with van der Waals surface area (Å²) < 4.78 is 0. The number of aliphatic hydroxyl groups is 1. The van der Waals surface area contributed by atoms with Crippen LogP contribution in [0.1, 0.15) is 19.8 Å². The van der Waals surface area contributed by atoms with E-state index in [4.69, 9.17) is 10.8 Å². The molecule has 10 heavy (non-hydrogen) atoms. The standard InChI is InChI=1S/C7H18N2O/c1-3-4-5-9(2)6-7(8)10/h7,10H,3-6,8H2,1-2H3. The molecule has 0 rings (SSSR count). The first-order valence-electron chi connectivity index (χ1n) is 3.79. The first-order chi connectivity index (χ1) is 4.66. The zero-order valence-electron chi connectivity index (χ0n) is 6.88. The number of likely N-dealkylation sites (N-methyl/N-ethyl adjacent to an activating group) is 1. The quantitative estimate of drug-likeness (QED) is 0.537. The van der Waals surface area contributed by atoms with Crippen LogP contribution in [0.3, 0.4) is 0 Å². The summed E-state index contributed by atoms with van der Waals surface area (Å²) in [7, 11) is 1.96. The van der Waals surface area contributed by atoms with E-state index < -0.39 is 6.23 Å². The fourth-order valence-electron chi connectivity index (χ4n) is 0.839. The van der Waals surface area contributed by atoms with E-state index in [0.717, 1.165) is 6.54 Å². The van der Waals surface area contributed by atoms with Crippen molar-refractivity contribution in [1.29, 1.82) is 0 Å². The fourth-order valence-corrected chi connectivity index (χ4v) is 0.839. The minimum absolute atomic E-state index is 0.569. The molecule has 0 saturated carbocycles. The van der Waals surface area contributed by atoms with E-state index in [1.165, 1.54) is 12.8 Å². The summed E-state index contributed by atoms with van der Waals surface area (Å²) in [6.07, 6.45) is 1.66. The molecule has 0 bridgehead atoms. The van der Waals surface area contributed by atoms with Crippen LogP contribution in [0.15, 0.2) is 0 Å². The predicted octanol–water partition coefficient (Wildman–Crippen LogP) is -0.00460. The number of hydrogen-bond donors (Lipinski definition) is 2. The molecule has 3 nitrogen and oxygen atoms in total. The number of unbranched alkanes of at least 4 members (excludes halogenated alkanes) is 1. The van der Waals surface area contributed by atoms with Gasteiger partial charge < -0.3 is 15.7 Å². The maximum atomic E-state index is 8.76. The molecular weight excluding hydrogens is 128 g/mol. The molecule has 0 aliphatic carbocycles. The van der Waals surface area contributed by atoms with Crippen LogP contribution >= 0.6 is 0 Å². The fraction of sp³-hybridized carbons (Fsp3) is 1.00. The third-order valence-corrected chi connectivity index (χ3v) is 1.39. The molecule has 0 saturated heterocycles. The van der Waals surface area contributed by atoms with Crippen LogP contribution in [0.2, 0.25) is 0 Å². The van der Waals surface area contributed by atoms with Gasteiger partial charge in [-0.15, -0.1) is 0 Å². The summed E-state index contributed by atoms with van der Waals surface area (Å²) in [5, 5.41) is 8.76. The number of aliphatic hydroxyl groups excluding tert-OH is 1. The van der Waals surface area contributed by atoms with Gasteiger partial charge in [-0.2, -0.15) is 0 Å². The van der Waals surface area contributed by atoms with Crippen molar-refractivity contribution in [3.8, 4) is 0 Å². The van der Waals surface area contributed by atoms with E-state index in [1.807, 2.05) is 11.9 Å². The van der Waals surface area contributed by atoms with Gasteiger partial charge in [0.25, 0.3) is 0 Å². The Kier molecular flexibility index (Phi) is 5.58. The number of nitrogens with zero attached hydrogens (tertiary/aromatic N) is 1. The monoisotopic (exact) mass is 146 g/mol. The van der Waals surface area contributed by atoms with Crippen molar-refractivity contribution in [3.63, 3.8) is 0 Å². The molecule has 0 spiro atoms. The second kappa shape index (κ2) is 5.65. The molecule has 1 atom stereocenters. The molecular formula is C7H18N2O. The van der Waals surface area contributed by atoms with Crippen LogP contribution in [0.5, 0.6) is 0 Å². The molecule has 0 aromatic carbocycles. The SMILES string of the molecule is CCCCN(C)CC(N)O. The lowest BCUT2D eigenvalue weighted by molar-refractivity contribution is 0.131. The minimum atomic E-state index is -0.693. The third kappa shape index (κ3) is 6.01. The summed E-state index contributed by atoms with van der Waals surface area (Å²) >= 11 is 0. The molecule has 3 N–H and O–H groups in total. The van der Waals surface area contributed by atoms with Crippen LogP contribution in [-0.2, 0) is 0 Å². The molecule has 0 amide bonds. The average molecular weight is 146 g/mol. The molecule has 0 radical (unpaired) electrons. The van der Waals surface area contributed by atoms with Crippen molar-refractivity contribution >= 4 is 0 Å². The Morgan fingerprint density at radius 1 is 1.60 bits per heavy atom. The summed E-state index contributed by atoms with van der Waals surface area (Å²) in [5.74, 6) is 0. The highest BCUT2D eigenvalue weighted by Gasteiger charge is 2.00. The van der Waals surface area contributed by atoms with Gasteiger partial charge in [0, 0.05) is 6.54 Å². The van der Waals surface area contributed by atoms with Gasteiger partial charge in [0.05, 0.1) is 0 Å². The van der Waals surface area contributed by atoms with Crippen molar-refractivity contribution < 1.29 is 5.11 Å². The summed E-state index contributed by atoms with van der Waals surface area (Å²) in [6.45, 7) is 3.73. The predicted molar refractivity (Wildman–Crippen MR) is 42.6 cm³/mol. The zero-order valence-corrected chi connectivity index (χ0v) is 6.88. The number of nitrogens with two attached hydrogens (primary N) is 1. The largest absolute Gasteiger partial charge is 0.377 e. The summed E-state index contributed by atoms with van der Waals surface area (Å²) in [6, 6.07) is 0. The molecule has 0 fully saturated rings. The first-order valence-corrected chi connectivity index (χ1v) is 3.79. The molecule has 0 aliphatic rings. The van der Waals surface area contributed by atoms with Gasteiger partial charge in [0.2, 0.25) is 0 Å². The lowest BCUT2D eigenvalue weighted by Crippen LogP contribution is -2.35. The highest BCUT2D eigenvalue weighted by atomic mass is 16.3. The molecule has 3 heteroatoms. The van der Waals surface area contributed by atoms with Gasteiger partial charge in [-0.1, -0.05) is 13.3 Å². The Balaban J connectivity index is 3.16. The normalized spacial score (nSPS) is 14.1. The second-order valence-electron chi connectivity index (χ2n) is 2.68. The highest BCUT2D eigenvalue weighted by molar-refractivity contribution is 4.53. The van der Waals surface area contributed by atoms with Gasteiger partial charge in [-0.05, 0) is 20.0 Å². The molecule has 1 unspecified atom stereocenters. The van der Waals surface area contributed by atoms with Crippen molar-refractivity contribution in [2.45, 2.75) is 26.0 Å². The Bertz CT molecular complexity index is 76.0.